The van der Waals surface area contributed by atoms with Crippen LogP contribution in [0, 0.1) is 0 Å². The van der Waals surface area contributed by atoms with Crippen molar-refractivity contribution in [2.45, 2.75) is 25.1 Å². The highest BCUT2D eigenvalue weighted by Gasteiger charge is 2.34. The molecule has 106 valence electrons. The Kier molecular flexibility index (Phi) is 4.72. The molecule has 0 spiro atoms. The molecule has 1 saturated heterocycles. The summed E-state index contributed by atoms with van der Waals surface area (Å²) in [6.45, 7) is 1.85. The van der Waals surface area contributed by atoms with Crippen LogP contribution < -0.4 is 5.32 Å². The minimum Gasteiger partial charge on any atom is -0.351 e. The Balaban J connectivity index is 2.04. The van der Waals surface area contributed by atoms with E-state index in [-0.39, 0.29) is 12.0 Å². The van der Waals surface area contributed by atoms with Crippen LogP contribution in [0.5, 0.6) is 0 Å². The summed E-state index contributed by atoms with van der Waals surface area (Å²) in [6, 6.07) is 0.166. The van der Waals surface area contributed by atoms with E-state index < -0.39 is 16.9 Å². The predicted molar refractivity (Wildman–Crippen MR) is 74.3 cm³/mol. The van der Waals surface area contributed by atoms with Crippen LogP contribution in [0.1, 0.15) is 18.4 Å². The van der Waals surface area contributed by atoms with Crippen molar-refractivity contribution in [3.63, 3.8) is 0 Å². The van der Waals surface area contributed by atoms with Crippen LogP contribution in [0.2, 0.25) is 5.15 Å². The molecular weight excluding hydrogens is 395 g/mol. The van der Waals surface area contributed by atoms with E-state index in [0.717, 1.165) is 25.9 Å². The van der Waals surface area contributed by atoms with Gasteiger partial charge in [-0.2, -0.15) is 13.2 Å². The Morgan fingerprint density at radius 1 is 1.37 bits per heavy atom. The van der Waals surface area contributed by atoms with E-state index in [0.29, 0.717) is 6.20 Å². The lowest BCUT2D eigenvalue weighted by Crippen LogP contribution is -2.34. The monoisotopic (exact) mass is 406 g/mol. The van der Waals surface area contributed by atoms with Gasteiger partial charge in [-0.25, -0.2) is 13.1 Å². The van der Waals surface area contributed by atoms with Crippen molar-refractivity contribution in [1.29, 1.82) is 0 Å². The molecule has 2 rings (SSSR count). The Bertz CT molecular complexity index is 449. The van der Waals surface area contributed by atoms with Crippen LogP contribution in [0.3, 0.4) is 0 Å². The Labute approximate surface area is 127 Å². The van der Waals surface area contributed by atoms with Crippen LogP contribution in [-0.4, -0.2) is 32.2 Å². The minimum absolute atomic E-state index is 0.143. The van der Waals surface area contributed by atoms with E-state index in [1.165, 1.54) is 0 Å². The van der Waals surface area contributed by atoms with Gasteiger partial charge in [0, 0.05) is 48.2 Å². The van der Waals surface area contributed by atoms with E-state index >= 15 is 0 Å². The SMILES string of the molecule is FC(F)(F)c1cnc(NC2CCN(I)CC2)nc1Cl. The van der Waals surface area contributed by atoms with Crippen molar-refractivity contribution in [3.8, 4) is 0 Å². The van der Waals surface area contributed by atoms with Gasteiger partial charge in [0.2, 0.25) is 5.95 Å². The first kappa shape index (κ1) is 15.0. The number of piperidine rings is 1. The first-order valence-electron chi connectivity index (χ1n) is 5.63. The summed E-state index contributed by atoms with van der Waals surface area (Å²) in [5.41, 5.74) is -1.01. The maximum absolute atomic E-state index is 12.5. The predicted octanol–water partition coefficient (Wildman–Crippen LogP) is 3.38. The number of halogens is 5. The van der Waals surface area contributed by atoms with E-state index in [2.05, 4.69) is 41.3 Å². The maximum Gasteiger partial charge on any atom is 0.420 e. The highest BCUT2D eigenvalue weighted by Crippen LogP contribution is 2.33. The molecule has 1 N–H and O–H groups in total. The summed E-state index contributed by atoms with van der Waals surface area (Å²) in [7, 11) is 0. The Hall–Kier alpha value is -0.350. The molecule has 0 saturated carbocycles. The normalized spacial score (nSPS) is 18.6. The molecule has 1 aromatic rings. The van der Waals surface area contributed by atoms with E-state index in [1.807, 2.05) is 0 Å². The van der Waals surface area contributed by atoms with Gasteiger partial charge in [0.05, 0.1) is 0 Å². The van der Waals surface area contributed by atoms with Crippen molar-refractivity contribution in [3.05, 3.63) is 16.9 Å². The molecule has 0 unspecified atom stereocenters. The van der Waals surface area contributed by atoms with Crippen LogP contribution in [0.15, 0.2) is 6.20 Å². The zero-order chi connectivity index (χ0) is 14.0. The molecule has 0 bridgehead atoms. The van der Waals surface area contributed by atoms with Gasteiger partial charge in [-0.05, 0) is 12.8 Å². The Morgan fingerprint density at radius 2 is 2.00 bits per heavy atom. The molecule has 1 fully saturated rings. The first-order valence-corrected chi connectivity index (χ1v) is 6.97. The smallest absolute Gasteiger partial charge is 0.351 e. The third kappa shape index (κ3) is 4.06. The molecule has 1 aliphatic rings. The number of hydrogen-bond acceptors (Lipinski definition) is 4. The van der Waals surface area contributed by atoms with Crippen LogP contribution in [0.4, 0.5) is 19.1 Å². The molecule has 9 heteroatoms. The molecule has 0 amide bonds. The summed E-state index contributed by atoms with van der Waals surface area (Å²) in [6.07, 6.45) is -2.02. The summed E-state index contributed by atoms with van der Waals surface area (Å²) in [5, 5.41) is 2.44. The fourth-order valence-electron chi connectivity index (χ4n) is 1.80. The molecule has 2 heterocycles. The first-order chi connectivity index (χ1) is 8.86. The lowest BCUT2D eigenvalue weighted by Gasteiger charge is -2.28. The second-order valence-electron chi connectivity index (χ2n) is 4.22. The van der Waals surface area contributed by atoms with Gasteiger partial charge in [0.1, 0.15) is 10.7 Å². The summed E-state index contributed by atoms with van der Waals surface area (Å²) < 4.78 is 39.6. The minimum atomic E-state index is -4.53. The largest absolute Gasteiger partial charge is 0.420 e. The van der Waals surface area contributed by atoms with Crippen molar-refractivity contribution < 1.29 is 13.2 Å². The van der Waals surface area contributed by atoms with Gasteiger partial charge >= 0.3 is 6.18 Å². The van der Waals surface area contributed by atoms with Crippen LogP contribution in [0.25, 0.3) is 0 Å². The molecule has 1 aromatic heterocycles. The zero-order valence-corrected chi connectivity index (χ0v) is 12.6. The zero-order valence-electron chi connectivity index (χ0n) is 9.71. The number of anilines is 1. The number of aromatic nitrogens is 2. The third-order valence-corrected chi connectivity index (χ3v) is 4.07. The van der Waals surface area contributed by atoms with Crippen LogP contribution in [-0.2, 0) is 6.18 Å². The molecular formula is C10H11ClF3IN4. The van der Waals surface area contributed by atoms with Gasteiger partial charge in [0.15, 0.2) is 0 Å². The number of nitrogens with one attached hydrogen (secondary N) is 1. The van der Waals surface area contributed by atoms with Crippen molar-refractivity contribution in [2.24, 2.45) is 0 Å². The number of hydrogen-bond donors (Lipinski definition) is 1. The summed E-state index contributed by atoms with van der Waals surface area (Å²) >= 11 is 7.78. The highest BCUT2D eigenvalue weighted by molar-refractivity contribution is 14.1. The fraction of sp³-hybridized carbons (Fsp3) is 0.600. The second kappa shape index (κ2) is 5.96. The quantitative estimate of drug-likeness (QED) is 0.464. The molecule has 0 aliphatic carbocycles. The highest BCUT2D eigenvalue weighted by atomic mass is 127. The lowest BCUT2D eigenvalue weighted by molar-refractivity contribution is -0.137. The molecule has 19 heavy (non-hydrogen) atoms. The van der Waals surface area contributed by atoms with Gasteiger partial charge in [-0.3, -0.25) is 0 Å². The van der Waals surface area contributed by atoms with E-state index in [4.69, 9.17) is 11.6 Å². The van der Waals surface area contributed by atoms with Gasteiger partial charge in [-0.1, -0.05) is 11.6 Å². The van der Waals surface area contributed by atoms with E-state index in [1.54, 1.807) is 0 Å². The maximum atomic E-state index is 12.5. The summed E-state index contributed by atoms with van der Waals surface area (Å²) in [5.74, 6) is 0.143. The van der Waals surface area contributed by atoms with Gasteiger partial charge in [0.25, 0.3) is 0 Å². The number of alkyl halides is 3. The lowest BCUT2D eigenvalue weighted by atomic mass is 10.1. The Morgan fingerprint density at radius 3 is 2.53 bits per heavy atom. The average Bonchev–Trinajstić information content (AvgIpc) is 2.30. The average molecular weight is 407 g/mol. The van der Waals surface area contributed by atoms with Crippen LogP contribution >= 0.6 is 34.5 Å². The fourth-order valence-corrected chi connectivity index (χ4v) is 2.59. The third-order valence-electron chi connectivity index (χ3n) is 2.82. The molecule has 4 nitrogen and oxygen atoms in total. The van der Waals surface area contributed by atoms with Gasteiger partial charge in [-0.15, -0.1) is 0 Å². The molecule has 1 aliphatic heterocycles. The topological polar surface area (TPSA) is 41.1 Å². The second-order valence-corrected chi connectivity index (χ2v) is 5.95. The van der Waals surface area contributed by atoms with Crippen molar-refractivity contribution in [1.82, 2.24) is 13.1 Å². The molecule has 0 aromatic carbocycles. The van der Waals surface area contributed by atoms with Crippen molar-refractivity contribution >= 4 is 40.4 Å². The number of rotatable bonds is 2. The summed E-state index contributed by atoms with van der Waals surface area (Å²) in [4.78, 5) is 7.34. The van der Waals surface area contributed by atoms with Gasteiger partial charge < -0.3 is 5.32 Å². The standard InChI is InChI=1S/C10H11ClF3IN4/c11-8-7(10(12,13)14)5-16-9(18-8)17-6-1-3-19(15)4-2-6/h5-6H,1-4H2,(H,16,17,18). The van der Waals surface area contributed by atoms with E-state index in [9.17, 15) is 13.2 Å². The molecule has 0 atom stereocenters. The molecule has 0 radical (unpaired) electrons. The number of nitrogens with zero attached hydrogens (tertiary/aromatic N) is 3. The van der Waals surface area contributed by atoms with Crippen molar-refractivity contribution in [2.75, 3.05) is 18.4 Å².